The van der Waals surface area contributed by atoms with Crippen LogP contribution in [0.25, 0.3) is 0 Å². The zero-order valence-corrected chi connectivity index (χ0v) is 12.3. The highest BCUT2D eigenvalue weighted by Gasteiger charge is 2.16. The molecule has 0 saturated carbocycles. The Hall–Kier alpha value is -1.67. The van der Waals surface area contributed by atoms with E-state index in [9.17, 15) is 0 Å². The SMILES string of the molecule is Nc1nc(NCCN2CCCC2)nc(N2CCOCC2)n1. The van der Waals surface area contributed by atoms with E-state index in [4.69, 9.17) is 10.5 Å². The third-order valence-corrected chi connectivity index (χ3v) is 3.84. The number of aromatic nitrogens is 3. The van der Waals surface area contributed by atoms with Crippen LogP contribution in [0.3, 0.4) is 0 Å². The van der Waals surface area contributed by atoms with Crippen LogP contribution < -0.4 is 16.0 Å². The van der Waals surface area contributed by atoms with Crippen molar-refractivity contribution >= 4 is 17.8 Å². The molecular formula is C13H23N7O. The molecular weight excluding hydrogens is 270 g/mol. The van der Waals surface area contributed by atoms with Gasteiger partial charge in [-0.25, -0.2) is 0 Å². The Morgan fingerprint density at radius 2 is 1.81 bits per heavy atom. The third-order valence-electron chi connectivity index (χ3n) is 3.84. The average molecular weight is 293 g/mol. The summed E-state index contributed by atoms with van der Waals surface area (Å²) in [5, 5.41) is 3.25. The fraction of sp³-hybridized carbons (Fsp3) is 0.769. The summed E-state index contributed by atoms with van der Waals surface area (Å²) in [5.41, 5.74) is 5.79. The van der Waals surface area contributed by atoms with Gasteiger partial charge in [-0.2, -0.15) is 15.0 Å². The van der Waals surface area contributed by atoms with Gasteiger partial charge in [-0.15, -0.1) is 0 Å². The molecule has 3 N–H and O–H groups in total. The van der Waals surface area contributed by atoms with E-state index in [0.717, 1.165) is 26.2 Å². The minimum absolute atomic E-state index is 0.259. The van der Waals surface area contributed by atoms with Crippen LogP contribution in [-0.4, -0.2) is 72.3 Å². The first-order valence-electron chi connectivity index (χ1n) is 7.62. The predicted molar refractivity (Wildman–Crippen MR) is 81.4 cm³/mol. The number of nitrogens with one attached hydrogen (secondary N) is 1. The quantitative estimate of drug-likeness (QED) is 0.771. The number of nitrogens with two attached hydrogens (primary N) is 1. The molecule has 8 heteroatoms. The number of hydrogen-bond acceptors (Lipinski definition) is 8. The van der Waals surface area contributed by atoms with Crippen molar-refractivity contribution in [3.05, 3.63) is 0 Å². The van der Waals surface area contributed by atoms with Crippen LogP contribution in [0.5, 0.6) is 0 Å². The van der Waals surface area contributed by atoms with Crippen molar-refractivity contribution in [2.24, 2.45) is 0 Å². The van der Waals surface area contributed by atoms with Crippen LogP contribution in [0.4, 0.5) is 17.8 Å². The van der Waals surface area contributed by atoms with E-state index >= 15 is 0 Å². The average Bonchev–Trinajstić information content (AvgIpc) is 3.01. The van der Waals surface area contributed by atoms with Crippen molar-refractivity contribution in [2.75, 3.05) is 68.4 Å². The molecule has 0 spiro atoms. The Morgan fingerprint density at radius 3 is 2.57 bits per heavy atom. The lowest BCUT2D eigenvalue weighted by Gasteiger charge is -2.26. The summed E-state index contributed by atoms with van der Waals surface area (Å²) in [7, 11) is 0. The number of rotatable bonds is 5. The molecule has 0 bridgehead atoms. The molecule has 0 atom stereocenters. The summed E-state index contributed by atoms with van der Waals surface area (Å²) in [5.74, 6) is 1.45. The summed E-state index contributed by atoms with van der Waals surface area (Å²) in [6, 6.07) is 0. The number of ether oxygens (including phenoxy) is 1. The molecule has 0 aliphatic carbocycles. The molecule has 1 aromatic heterocycles. The molecule has 1 aromatic rings. The Labute approximate surface area is 124 Å². The topological polar surface area (TPSA) is 92.4 Å². The van der Waals surface area contributed by atoms with Crippen LogP contribution >= 0.6 is 0 Å². The maximum Gasteiger partial charge on any atom is 0.232 e. The van der Waals surface area contributed by atoms with Crippen LogP contribution in [0.2, 0.25) is 0 Å². The van der Waals surface area contributed by atoms with E-state index in [2.05, 4.69) is 30.1 Å². The van der Waals surface area contributed by atoms with Crippen LogP contribution in [0.15, 0.2) is 0 Å². The number of anilines is 3. The van der Waals surface area contributed by atoms with Gasteiger partial charge in [-0.1, -0.05) is 0 Å². The van der Waals surface area contributed by atoms with Gasteiger partial charge in [-0.3, -0.25) is 0 Å². The Bertz CT molecular complexity index is 458. The minimum Gasteiger partial charge on any atom is -0.378 e. The van der Waals surface area contributed by atoms with Gasteiger partial charge in [0.05, 0.1) is 13.2 Å². The largest absolute Gasteiger partial charge is 0.378 e. The first-order chi connectivity index (χ1) is 10.3. The van der Waals surface area contributed by atoms with Gasteiger partial charge < -0.3 is 25.6 Å². The number of likely N-dealkylation sites (tertiary alicyclic amines) is 1. The van der Waals surface area contributed by atoms with E-state index in [1.54, 1.807) is 0 Å². The van der Waals surface area contributed by atoms with Crippen molar-refractivity contribution in [3.63, 3.8) is 0 Å². The van der Waals surface area contributed by atoms with Gasteiger partial charge in [0.25, 0.3) is 0 Å². The zero-order chi connectivity index (χ0) is 14.5. The Morgan fingerprint density at radius 1 is 1.05 bits per heavy atom. The van der Waals surface area contributed by atoms with Crippen molar-refractivity contribution in [1.29, 1.82) is 0 Å². The van der Waals surface area contributed by atoms with Gasteiger partial charge >= 0.3 is 0 Å². The van der Waals surface area contributed by atoms with Gasteiger partial charge in [0.1, 0.15) is 0 Å². The second kappa shape index (κ2) is 6.86. The normalized spacial score (nSPS) is 19.9. The van der Waals surface area contributed by atoms with Crippen LogP contribution in [-0.2, 0) is 4.74 Å². The van der Waals surface area contributed by atoms with Crippen molar-refractivity contribution in [1.82, 2.24) is 19.9 Å². The molecule has 8 nitrogen and oxygen atoms in total. The summed E-state index contributed by atoms with van der Waals surface area (Å²) in [6.45, 7) is 7.20. The molecule has 2 aliphatic rings. The fourth-order valence-electron chi connectivity index (χ4n) is 2.70. The van der Waals surface area contributed by atoms with Crippen LogP contribution in [0, 0.1) is 0 Å². The number of hydrogen-bond donors (Lipinski definition) is 2. The second-order valence-electron chi connectivity index (χ2n) is 5.39. The van der Waals surface area contributed by atoms with E-state index in [0.29, 0.717) is 25.1 Å². The molecule has 21 heavy (non-hydrogen) atoms. The van der Waals surface area contributed by atoms with Gasteiger partial charge in [-0.05, 0) is 25.9 Å². The Kier molecular flexibility index (Phi) is 4.66. The smallest absolute Gasteiger partial charge is 0.232 e. The van der Waals surface area contributed by atoms with Gasteiger partial charge in [0.2, 0.25) is 17.8 Å². The highest BCUT2D eigenvalue weighted by molar-refractivity contribution is 5.42. The molecule has 116 valence electrons. The Balaban J connectivity index is 1.57. The van der Waals surface area contributed by atoms with E-state index in [1.807, 2.05) is 0 Å². The van der Waals surface area contributed by atoms with Gasteiger partial charge in [0, 0.05) is 26.2 Å². The standard InChI is InChI=1S/C13H23N7O/c14-11-16-12(15-3-6-19-4-1-2-5-19)18-13(17-11)20-7-9-21-10-8-20/h1-10H2,(H3,14,15,16,17,18). The molecule has 2 aliphatic heterocycles. The second-order valence-corrected chi connectivity index (χ2v) is 5.39. The molecule has 3 heterocycles. The number of nitrogens with zero attached hydrogens (tertiary/aromatic N) is 5. The molecule has 2 saturated heterocycles. The monoisotopic (exact) mass is 293 g/mol. The minimum atomic E-state index is 0.259. The maximum absolute atomic E-state index is 5.79. The highest BCUT2D eigenvalue weighted by Crippen LogP contribution is 2.13. The first-order valence-corrected chi connectivity index (χ1v) is 7.62. The first kappa shape index (κ1) is 14.3. The summed E-state index contributed by atoms with van der Waals surface area (Å²) in [4.78, 5) is 17.4. The zero-order valence-electron chi connectivity index (χ0n) is 12.3. The lowest BCUT2D eigenvalue weighted by molar-refractivity contribution is 0.122. The fourth-order valence-corrected chi connectivity index (χ4v) is 2.70. The molecule has 2 fully saturated rings. The summed E-state index contributed by atoms with van der Waals surface area (Å²) < 4.78 is 5.34. The maximum atomic E-state index is 5.79. The van der Waals surface area contributed by atoms with Crippen LogP contribution in [0.1, 0.15) is 12.8 Å². The molecule has 0 amide bonds. The highest BCUT2D eigenvalue weighted by atomic mass is 16.5. The summed E-state index contributed by atoms with van der Waals surface area (Å²) in [6.07, 6.45) is 2.61. The van der Waals surface area contributed by atoms with Crippen molar-refractivity contribution in [3.8, 4) is 0 Å². The molecule has 3 rings (SSSR count). The third kappa shape index (κ3) is 3.92. The summed E-state index contributed by atoms with van der Waals surface area (Å²) >= 11 is 0. The van der Waals surface area contributed by atoms with E-state index in [1.165, 1.54) is 25.9 Å². The lowest BCUT2D eigenvalue weighted by atomic mass is 10.4. The van der Waals surface area contributed by atoms with E-state index < -0.39 is 0 Å². The number of nitrogen functional groups attached to an aromatic ring is 1. The molecule has 0 radical (unpaired) electrons. The number of morpholine rings is 1. The lowest BCUT2D eigenvalue weighted by Crippen LogP contribution is -2.37. The van der Waals surface area contributed by atoms with Crippen molar-refractivity contribution in [2.45, 2.75) is 12.8 Å². The molecule has 0 aromatic carbocycles. The predicted octanol–water partition coefficient (Wildman–Crippen LogP) is -0.202. The molecule has 0 unspecified atom stereocenters. The van der Waals surface area contributed by atoms with Gasteiger partial charge in [0.15, 0.2) is 0 Å². The van der Waals surface area contributed by atoms with E-state index in [-0.39, 0.29) is 5.95 Å². The van der Waals surface area contributed by atoms with Crippen molar-refractivity contribution < 1.29 is 4.74 Å².